The molecule has 1 aliphatic rings. The van der Waals surface area contributed by atoms with Crippen LogP contribution in [-0.4, -0.2) is 25.5 Å². The minimum atomic E-state index is -0.0762. The fraction of sp³-hybridized carbons (Fsp3) is 0.263. The second-order valence-corrected chi connectivity index (χ2v) is 5.84. The Kier molecular flexibility index (Phi) is 4.58. The molecule has 116 valence electrons. The fourth-order valence-corrected chi connectivity index (χ4v) is 2.91. The number of para-hydroxylation sites is 1. The Morgan fingerprint density at radius 3 is 2.61 bits per heavy atom. The summed E-state index contributed by atoms with van der Waals surface area (Å²) in [6.07, 6.45) is 1.09. The monoisotopic (exact) mass is 305 g/mol. The van der Waals surface area contributed by atoms with E-state index in [1.807, 2.05) is 6.07 Å². The van der Waals surface area contributed by atoms with Crippen molar-refractivity contribution < 1.29 is 4.79 Å². The number of carbonyl (C=O) groups is 1. The Morgan fingerprint density at radius 1 is 1.17 bits per heavy atom. The maximum Gasteiger partial charge on any atom is 0.251 e. The number of hydrogen-bond acceptors (Lipinski definition) is 3. The van der Waals surface area contributed by atoms with E-state index in [1.54, 1.807) is 24.3 Å². The number of rotatable bonds is 4. The Morgan fingerprint density at radius 2 is 1.91 bits per heavy atom. The first-order valence-corrected chi connectivity index (χ1v) is 7.84. The fourth-order valence-electron chi connectivity index (χ4n) is 2.91. The lowest BCUT2D eigenvalue weighted by molar-refractivity contribution is 0.0948. The van der Waals surface area contributed by atoms with Crippen LogP contribution in [-0.2, 0) is 0 Å². The molecule has 1 heterocycles. The van der Waals surface area contributed by atoms with Gasteiger partial charge in [0, 0.05) is 30.9 Å². The standard InChI is InChI=1S/C19H19N3O/c20-12-15-6-8-17(9-7-15)19(23)21-13-16-10-11-22(14-16)18-4-2-1-3-5-18/h1-9,16H,10-11,13-14H2,(H,21,23). The third-order valence-corrected chi connectivity index (χ3v) is 4.23. The summed E-state index contributed by atoms with van der Waals surface area (Å²) in [6, 6.07) is 19.1. The molecule has 1 unspecified atom stereocenters. The highest BCUT2D eigenvalue weighted by Crippen LogP contribution is 2.23. The second-order valence-electron chi connectivity index (χ2n) is 5.84. The largest absolute Gasteiger partial charge is 0.371 e. The van der Waals surface area contributed by atoms with Gasteiger partial charge in [-0.3, -0.25) is 4.79 Å². The van der Waals surface area contributed by atoms with E-state index in [-0.39, 0.29) is 5.91 Å². The Balaban J connectivity index is 1.51. The van der Waals surface area contributed by atoms with E-state index in [4.69, 9.17) is 5.26 Å². The molecule has 0 spiro atoms. The van der Waals surface area contributed by atoms with Crippen LogP contribution in [0, 0.1) is 17.2 Å². The van der Waals surface area contributed by atoms with Crippen molar-refractivity contribution in [1.29, 1.82) is 5.26 Å². The zero-order valence-corrected chi connectivity index (χ0v) is 12.9. The molecule has 1 atom stereocenters. The zero-order chi connectivity index (χ0) is 16.1. The molecule has 2 aromatic carbocycles. The first kappa shape index (κ1) is 15.1. The van der Waals surface area contributed by atoms with Gasteiger partial charge in [-0.15, -0.1) is 0 Å². The van der Waals surface area contributed by atoms with Crippen molar-refractivity contribution in [3.05, 3.63) is 65.7 Å². The molecule has 4 heteroatoms. The smallest absolute Gasteiger partial charge is 0.251 e. The maximum atomic E-state index is 12.1. The van der Waals surface area contributed by atoms with Gasteiger partial charge in [-0.05, 0) is 48.7 Å². The van der Waals surface area contributed by atoms with E-state index in [9.17, 15) is 4.79 Å². The predicted octanol–water partition coefficient (Wildman–Crippen LogP) is 2.81. The van der Waals surface area contributed by atoms with Gasteiger partial charge >= 0.3 is 0 Å². The molecule has 0 saturated carbocycles. The van der Waals surface area contributed by atoms with E-state index < -0.39 is 0 Å². The second kappa shape index (κ2) is 6.97. The topological polar surface area (TPSA) is 56.1 Å². The van der Waals surface area contributed by atoms with Crippen molar-refractivity contribution >= 4 is 11.6 Å². The molecule has 4 nitrogen and oxygen atoms in total. The molecule has 1 saturated heterocycles. The van der Waals surface area contributed by atoms with Crippen LogP contribution in [0.25, 0.3) is 0 Å². The predicted molar refractivity (Wildman–Crippen MR) is 90.3 cm³/mol. The van der Waals surface area contributed by atoms with Crippen molar-refractivity contribution in [2.75, 3.05) is 24.5 Å². The van der Waals surface area contributed by atoms with Crippen LogP contribution in [0.15, 0.2) is 54.6 Å². The van der Waals surface area contributed by atoms with Crippen LogP contribution in [0.2, 0.25) is 0 Å². The quantitative estimate of drug-likeness (QED) is 0.945. The molecule has 3 rings (SSSR count). The first-order valence-electron chi connectivity index (χ1n) is 7.84. The van der Waals surface area contributed by atoms with Gasteiger partial charge in [0.25, 0.3) is 5.91 Å². The van der Waals surface area contributed by atoms with Gasteiger partial charge < -0.3 is 10.2 Å². The van der Waals surface area contributed by atoms with Crippen molar-refractivity contribution in [2.45, 2.75) is 6.42 Å². The molecule has 1 aliphatic heterocycles. The summed E-state index contributed by atoms with van der Waals surface area (Å²) in [5.74, 6) is 0.394. The lowest BCUT2D eigenvalue weighted by atomic mass is 10.1. The summed E-state index contributed by atoms with van der Waals surface area (Å²) in [4.78, 5) is 14.5. The van der Waals surface area contributed by atoms with E-state index in [1.165, 1.54) is 5.69 Å². The van der Waals surface area contributed by atoms with Crippen LogP contribution >= 0.6 is 0 Å². The zero-order valence-electron chi connectivity index (χ0n) is 12.9. The van der Waals surface area contributed by atoms with Crippen molar-refractivity contribution in [3.8, 4) is 6.07 Å². The number of hydrogen-bond donors (Lipinski definition) is 1. The normalized spacial score (nSPS) is 16.8. The summed E-state index contributed by atoms with van der Waals surface area (Å²) >= 11 is 0. The highest BCUT2D eigenvalue weighted by Gasteiger charge is 2.23. The first-order chi connectivity index (χ1) is 11.3. The molecule has 2 aromatic rings. The van der Waals surface area contributed by atoms with E-state index in [0.717, 1.165) is 19.5 Å². The van der Waals surface area contributed by atoms with Gasteiger partial charge in [0.15, 0.2) is 0 Å². The van der Waals surface area contributed by atoms with Gasteiger partial charge in [0.05, 0.1) is 11.6 Å². The van der Waals surface area contributed by atoms with E-state index in [2.05, 4.69) is 40.6 Å². The molecule has 23 heavy (non-hydrogen) atoms. The average molecular weight is 305 g/mol. The van der Waals surface area contributed by atoms with Gasteiger partial charge in [0.1, 0.15) is 0 Å². The number of benzene rings is 2. The number of nitrogens with one attached hydrogen (secondary N) is 1. The van der Waals surface area contributed by atoms with Crippen LogP contribution in [0.1, 0.15) is 22.3 Å². The molecular weight excluding hydrogens is 286 g/mol. The minimum Gasteiger partial charge on any atom is -0.371 e. The van der Waals surface area contributed by atoms with E-state index >= 15 is 0 Å². The molecule has 0 aliphatic carbocycles. The van der Waals surface area contributed by atoms with Gasteiger partial charge in [0.2, 0.25) is 0 Å². The highest BCUT2D eigenvalue weighted by atomic mass is 16.1. The molecule has 1 amide bonds. The maximum absolute atomic E-state index is 12.1. The molecule has 1 fully saturated rings. The lowest BCUT2D eigenvalue weighted by Crippen LogP contribution is -2.31. The van der Waals surface area contributed by atoms with Crippen LogP contribution in [0.5, 0.6) is 0 Å². The number of carbonyl (C=O) groups excluding carboxylic acids is 1. The number of nitrogens with zero attached hydrogens (tertiary/aromatic N) is 2. The number of anilines is 1. The third-order valence-electron chi connectivity index (χ3n) is 4.23. The van der Waals surface area contributed by atoms with Gasteiger partial charge in [-0.2, -0.15) is 5.26 Å². The summed E-state index contributed by atoms with van der Waals surface area (Å²) in [7, 11) is 0. The third kappa shape index (κ3) is 3.70. The molecule has 1 N–H and O–H groups in total. The SMILES string of the molecule is N#Cc1ccc(C(=O)NCC2CCN(c3ccccc3)C2)cc1. The molecule has 0 aromatic heterocycles. The summed E-state index contributed by atoms with van der Waals surface area (Å²) in [6.45, 7) is 2.68. The minimum absolute atomic E-state index is 0.0762. The average Bonchev–Trinajstić information content (AvgIpc) is 3.09. The van der Waals surface area contributed by atoms with Gasteiger partial charge in [-0.1, -0.05) is 18.2 Å². The highest BCUT2D eigenvalue weighted by molar-refractivity contribution is 5.94. The lowest BCUT2D eigenvalue weighted by Gasteiger charge is -2.18. The van der Waals surface area contributed by atoms with Crippen LogP contribution in [0.4, 0.5) is 5.69 Å². The summed E-state index contributed by atoms with van der Waals surface area (Å²) in [5, 5.41) is 11.8. The Bertz CT molecular complexity index is 704. The summed E-state index contributed by atoms with van der Waals surface area (Å²) < 4.78 is 0. The van der Waals surface area contributed by atoms with E-state index in [0.29, 0.717) is 23.6 Å². The molecule has 0 bridgehead atoms. The Hall–Kier alpha value is -2.80. The number of amides is 1. The van der Waals surface area contributed by atoms with Gasteiger partial charge in [-0.25, -0.2) is 0 Å². The van der Waals surface area contributed by atoms with Crippen LogP contribution in [0.3, 0.4) is 0 Å². The summed E-state index contributed by atoms with van der Waals surface area (Å²) in [5.41, 5.74) is 2.41. The van der Waals surface area contributed by atoms with Crippen molar-refractivity contribution in [3.63, 3.8) is 0 Å². The number of nitriles is 1. The van der Waals surface area contributed by atoms with Crippen molar-refractivity contribution in [1.82, 2.24) is 5.32 Å². The Labute approximate surface area is 136 Å². The molecule has 0 radical (unpaired) electrons. The van der Waals surface area contributed by atoms with Crippen LogP contribution < -0.4 is 10.2 Å². The van der Waals surface area contributed by atoms with Crippen molar-refractivity contribution in [2.24, 2.45) is 5.92 Å². The molecular formula is C19H19N3O.